The van der Waals surface area contributed by atoms with E-state index in [9.17, 15) is 9.59 Å². The molecule has 2 amide bonds. The molecule has 0 aliphatic carbocycles. The minimum absolute atomic E-state index is 0.113. The molecule has 6 rings (SSSR count). The number of hydrogen-bond acceptors (Lipinski definition) is 8. The first-order valence-electron chi connectivity index (χ1n) is 15.8. The molecule has 1 saturated heterocycles. The first kappa shape index (κ1) is 31.7. The minimum atomic E-state index is -0.510. The number of nitrogens with two attached hydrogens (primary N) is 1. The average Bonchev–Trinajstić information content (AvgIpc) is 3.40. The third-order valence-electron chi connectivity index (χ3n) is 7.97. The molecule has 5 aromatic rings. The Morgan fingerprint density at radius 2 is 1.74 bits per heavy atom. The highest BCUT2D eigenvalue weighted by Crippen LogP contribution is 2.32. The molecule has 11 nitrogen and oxygen atoms in total. The van der Waals surface area contributed by atoms with Gasteiger partial charge in [-0.3, -0.25) is 14.3 Å². The number of likely N-dealkylation sites (tertiary alicyclic amines) is 1. The van der Waals surface area contributed by atoms with Gasteiger partial charge in [-0.25, -0.2) is 19.7 Å². The number of hydrogen-bond donors (Lipinski definition) is 3. The third-order valence-corrected chi connectivity index (χ3v) is 7.97. The van der Waals surface area contributed by atoms with Gasteiger partial charge in [0.15, 0.2) is 11.5 Å². The molecular formula is C36H40N8O3. The van der Waals surface area contributed by atoms with E-state index in [0.29, 0.717) is 28.5 Å². The number of anilines is 2. The number of fused-ring (bicyclic) bond motifs is 1. The molecule has 0 unspecified atom stereocenters. The van der Waals surface area contributed by atoms with Crippen molar-refractivity contribution >= 4 is 34.7 Å². The number of nitrogen functional groups attached to an aromatic ring is 1. The van der Waals surface area contributed by atoms with E-state index in [1.807, 2.05) is 73.9 Å². The van der Waals surface area contributed by atoms with Crippen LogP contribution in [0.1, 0.15) is 46.1 Å². The summed E-state index contributed by atoms with van der Waals surface area (Å²) in [5.41, 5.74) is 12.3. The van der Waals surface area contributed by atoms with Gasteiger partial charge < -0.3 is 21.1 Å². The van der Waals surface area contributed by atoms with Crippen molar-refractivity contribution in [3.05, 3.63) is 84.6 Å². The molecule has 0 spiro atoms. The predicted octanol–water partition coefficient (Wildman–Crippen LogP) is 6.18. The fourth-order valence-electron chi connectivity index (χ4n) is 5.83. The minimum Gasteiger partial charge on any atom is -0.444 e. The number of rotatable bonds is 7. The number of nitrogens with one attached hydrogen (secondary N) is 2. The smallest absolute Gasteiger partial charge is 0.407 e. The second kappa shape index (κ2) is 13.2. The first-order chi connectivity index (χ1) is 22.5. The molecule has 2 aromatic carbocycles. The van der Waals surface area contributed by atoms with Crippen LogP contribution >= 0.6 is 0 Å². The number of carbonyl (C=O) groups excluding carboxylic acids is 2. The van der Waals surface area contributed by atoms with E-state index in [2.05, 4.69) is 44.8 Å². The van der Waals surface area contributed by atoms with Crippen LogP contribution in [-0.2, 0) is 16.1 Å². The standard InChI is InChI=1S/C36H40N8O3/c1-23(45)39-27-8-5-7-25(21-27)30-14-15-31-34(41-30)44(33(42-31)29-9-6-18-38-32(29)37)28-12-10-24(11-13-28)22-43-19-16-26(17-20-43)40-35(46)47-36(2,3)4/h5-15,18,21,26H,16-17,19-20,22H2,1-4H3,(H2,37,38)(H,39,45)(H,40,46). The number of aromatic nitrogens is 4. The van der Waals surface area contributed by atoms with E-state index in [1.54, 1.807) is 6.20 Å². The molecule has 0 radical (unpaired) electrons. The number of benzene rings is 2. The van der Waals surface area contributed by atoms with Crippen molar-refractivity contribution < 1.29 is 14.3 Å². The van der Waals surface area contributed by atoms with Crippen molar-refractivity contribution in [2.45, 2.75) is 58.7 Å². The van der Waals surface area contributed by atoms with Crippen molar-refractivity contribution in [1.82, 2.24) is 29.7 Å². The molecule has 4 N–H and O–H groups in total. The number of alkyl carbamates (subject to hydrolysis) is 1. The Kier molecular flexibility index (Phi) is 8.91. The largest absolute Gasteiger partial charge is 0.444 e. The van der Waals surface area contributed by atoms with Gasteiger partial charge in [0.25, 0.3) is 0 Å². The summed E-state index contributed by atoms with van der Waals surface area (Å²) in [5.74, 6) is 0.897. The van der Waals surface area contributed by atoms with Gasteiger partial charge in [-0.2, -0.15) is 0 Å². The van der Waals surface area contributed by atoms with Gasteiger partial charge in [0, 0.05) is 55.7 Å². The number of piperidine rings is 1. The van der Waals surface area contributed by atoms with Crippen LogP contribution in [0.2, 0.25) is 0 Å². The average molecular weight is 633 g/mol. The van der Waals surface area contributed by atoms with Gasteiger partial charge in [-0.05, 0) is 87.7 Å². The molecule has 242 valence electrons. The maximum atomic E-state index is 12.2. The second-order valence-electron chi connectivity index (χ2n) is 12.9. The van der Waals surface area contributed by atoms with Crippen LogP contribution in [0.3, 0.4) is 0 Å². The van der Waals surface area contributed by atoms with Gasteiger partial charge in [0.1, 0.15) is 16.9 Å². The van der Waals surface area contributed by atoms with Crippen LogP contribution in [0.5, 0.6) is 0 Å². The molecule has 4 heterocycles. The Hall–Kier alpha value is -5.29. The van der Waals surface area contributed by atoms with Crippen LogP contribution in [0, 0.1) is 0 Å². The Morgan fingerprint density at radius 1 is 0.979 bits per heavy atom. The Balaban J connectivity index is 1.26. The van der Waals surface area contributed by atoms with Gasteiger partial charge in [-0.15, -0.1) is 0 Å². The Morgan fingerprint density at radius 3 is 2.45 bits per heavy atom. The van der Waals surface area contributed by atoms with Crippen LogP contribution < -0.4 is 16.4 Å². The maximum absolute atomic E-state index is 12.2. The van der Waals surface area contributed by atoms with Crippen molar-refractivity contribution in [1.29, 1.82) is 0 Å². The van der Waals surface area contributed by atoms with Gasteiger partial charge in [0.05, 0.1) is 11.3 Å². The zero-order valence-electron chi connectivity index (χ0n) is 27.2. The number of ether oxygens (including phenoxy) is 1. The maximum Gasteiger partial charge on any atom is 0.407 e. The van der Waals surface area contributed by atoms with E-state index < -0.39 is 5.60 Å². The summed E-state index contributed by atoms with van der Waals surface area (Å²) < 4.78 is 7.44. The fourth-order valence-corrected chi connectivity index (χ4v) is 5.83. The zero-order valence-corrected chi connectivity index (χ0v) is 27.2. The van der Waals surface area contributed by atoms with Crippen molar-refractivity contribution in [3.8, 4) is 28.3 Å². The van der Waals surface area contributed by atoms with E-state index in [4.69, 9.17) is 20.4 Å². The number of pyridine rings is 2. The zero-order chi connectivity index (χ0) is 33.1. The lowest BCUT2D eigenvalue weighted by atomic mass is 10.0. The molecule has 3 aromatic heterocycles. The molecule has 11 heteroatoms. The normalized spacial score (nSPS) is 14.2. The summed E-state index contributed by atoms with van der Waals surface area (Å²) >= 11 is 0. The van der Waals surface area contributed by atoms with Crippen molar-refractivity contribution in [3.63, 3.8) is 0 Å². The lowest BCUT2D eigenvalue weighted by molar-refractivity contribution is -0.114. The Labute approximate surface area is 274 Å². The Bertz CT molecular complexity index is 1900. The van der Waals surface area contributed by atoms with Crippen LogP contribution in [0.25, 0.3) is 39.5 Å². The molecule has 0 atom stereocenters. The second-order valence-corrected chi connectivity index (χ2v) is 12.9. The van der Waals surface area contributed by atoms with Gasteiger partial charge in [-0.1, -0.05) is 24.3 Å². The molecule has 1 aliphatic heterocycles. The monoisotopic (exact) mass is 632 g/mol. The molecule has 0 bridgehead atoms. The van der Waals surface area contributed by atoms with Crippen LogP contribution in [0.4, 0.5) is 16.3 Å². The van der Waals surface area contributed by atoms with Gasteiger partial charge in [0.2, 0.25) is 5.91 Å². The topological polar surface area (TPSA) is 140 Å². The SMILES string of the molecule is CC(=O)Nc1cccc(-c2ccc3nc(-c4cccnc4N)n(-c4ccc(CN5CCC(NC(=O)OC(C)(C)C)CC5)cc4)c3n2)c1. The highest BCUT2D eigenvalue weighted by Gasteiger charge is 2.24. The van der Waals surface area contributed by atoms with Gasteiger partial charge >= 0.3 is 6.09 Å². The quantitative estimate of drug-likeness (QED) is 0.193. The van der Waals surface area contributed by atoms with E-state index in [1.165, 1.54) is 12.5 Å². The molecule has 47 heavy (non-hydrogen) atoms. The number of nitrogens with zero attached hydrogens (tertiary/aromatic N) is 5. The molecular weight excluding hydrogens is 592 g/mol. The molecule has 1 fully saturated rings. The lowest BCUT2D eigenvalue weighted by Crippen LogP contribution is -2.45. The van der Waals surface area contributed by atoms with Crippen molar-refractivity contribution in [2.75, 3.05) is 24.1 Å². The summed E-state index contributed by atoms with van der Waals surface area (Å²) in [5, 5.41) is 5.85. The highest BCUT2D eigenvalue weighted by atomic mass is 16.6. The van der Waals surface area contributed by atoms with E-state index in [-0.39, 0.29) is 18.0 Å². The highest BCUT2D eigenvalue weighted by molar-refractivity contribution is 5.90. The number of imidazole rings is 1. The summed E-state index contributed by atoms with van der Waals surface area (Å²) in [4.78, 5) is 40.6. The van der Waals surface area contributed by atoms with Crippen LogP contribution in [-0.4, -0.2) is 61.2 Å². The van der Waals surface area contributed by atoms with E-state index in [0.717, 1.165) is 54.9 Å². The number of carbonyl (C=O) groups is 2. The summed E-state index contributed by atoms with van der Waals surface area (Å²) in [6, 6.07) is 23.8. The van der Waals surface area contributed by atoms with Crippen molar-refractivity contribution in [2.24, 2.45) is 0 Å². The molecule has 0 saturated carbocycles. The molecule has 1 aliphatic rings. The third kappa shape index (κ3) is 7.58. The summed E-state index contributed by atoms with van der Waals surface area (Å²) in [7, 11) is 0. The van der Waals surface area contributed by atoms with Crippen LogP contribution in [0.15, 0.2) is 79.0 Å². The summed E-state index contributed by atoms with van der Waals surface area (Å²) in [6.07, 6.45) is 3.05. The lowest BCUT2D eigenvalue weighted by Gasteiger charge is -2.32. The first-order valence-corrected chi connectivity index (χ1v) is 15.8. The predicted molar refractivity (Wildman–Crippen MR) is 184 cm³/mol. The van der Waals surface area contributed by atoms with E-state index >= 15 is 0 Å². The summed E-state index contributed by atoms with van der Waals surface area (Å²) in [6.45, 7) is 9.67. The fraction of sp³-hybridized carbons (Fsp3) is 0.306. The number of amides is 2.